The van der Waals surface area contributed by atoms with Crippen LogP contribution in [0.15, 0.2) is 34.9 Å². The van der Waals surface area contributed by atoms with Gasteiger partial charge in [-0.3, -0.25) is 4.79 Å². The van der Waals surface area contributed by atoms with E-state index in [2.05, 4.69) is 43.9 Å². The summed E-state index contributed by atoms with van der Waals surface area (Å²) in [6.07, 6.45) is 14.6. The summed E-state index contributed by atoms with van der Waals surface area (Å²) in [5, 5.41) is 0. The molecule has 0 atom stereocenters. The zero-order valence-electron chi connectivity index (χ0n) is 13.8. The summed E-state index contributed by atoms with van der Waals surface area (Å²) < 4.78 is 0. The monoisotopic (exact) mass is 284 g/mol. The van der Waals surface area contributed by atoms with Gasteiger partial charge in [0.25, 0.3) is 0 Å². The predicted molar refractivity (Wildman–Crippen MR) is 91.0 cm³/mol. The second kappa shape index (κ2) is 10.2. The Labute approximate surface area is 130 Å². The minimum Gasteiger partial charge on any atom is -0.295 e. The summed E-state index contributed by atoms with van der Waals surface area (Å²) in [5.74, 6) is 6.37. The summed E-state index contributed by atoms with van der Waals surface area (Å²) in [7, 11) is 0. The molecule has 0 heterocycles. The number of hydrogen-bond donors (Lipinski definition) is 0. The van der Waals surface area contributed by atoms with E-state index >= 15 is 0 Å². The van der Waals surface area contributed by atoms with Crippen LogP contribution in [-0.2, 0) is 4.79 Å². The van der Waals surface area contributed by atoms with Gasteiger partial charge in [-0.05, 0) is 64.9 Å². The summed E-state index contributed by atoms with van der Waals surface area (Å²) in [5.41, 5.74) is 3.84. The highest BCUT2D eigenvalue weighted by atomic mass is 16.1. The van der Waals surface area contributed by atoms with Gasteiger partial charge in [0, 0.05) is 12.8 Å². The van der Waals surface area contributed by atoms with Crippen LogP contribution in [0.25, 0.3) is 0 Å². The molecule has 21 heavy (non-hydrogen) atoms. The van der Waals surface area contributed by atoms with Gasteiger partial charge in [-0.1, -0.05) is 29.4 Å². The summed E-state index contributed by atoms with van der Waals surface area (Å²) >= 11 is 0. The first kappa shape index (κ1) is 17.5. The Morgan fingerprint density at radius 3 is 2.62 bits per heavy atom. The van der Waals surface area contributed by atoms with E-state index < -0.39 is 0 Å². The molecule has 0 fully saturated rings. The maximum absolute atomic E-state index is 11.6. The molecule has 0 bridgehead atoms. The third kappa shape index (κ3) is 7.14. The maximum atomic E-state index is 11.6. The Hall–Kier alpha value is -1.55. The predicted octanol–water partition coefficient (Wildman–Crippen LogP) is 5.53. The molecule has 0 unspecified atom stereocenters. The number of rotatable bonds is 8. The van der Waals surface area contributed by atoms with Crippen molar-refractivity contribution in [2.75, 3.05) is 0 Å². The van der Waals surface area contributed by atoms with E-state index in [1.54, 1.807) is 0 Å². The molecule has 1 aliphatic carbocycles. The van der Waals surface area contributed by atoms with Gasteiger partial charge in [-0.15, -0.1) is 11.8 Å². The molecule has 0 saturated carbocycles. The lowest BCUT2D eigenvalue weighted by Crippen LogP contribution is -1.95. The first-order valence-electron chi connectivity index (χ1n) is 8.07. The van der Waals surface area contributed by atoms with E-state index in [1.807, 2.05) is 6.92 Å². The summed E-state index contributed by atoms with van der Waals surface area (Å²) in [6.45, 7) is 6.18. The Bertz CT molecular complexity index is 492. The van der Waals surface area contributed by atoms with E-state index in [4.69, 9.17) is 0 Å². The van der Waals surface area contributed by atoms with Crippen molar-refractivity contribution >= 4 is 5.78 Å². The van der Waals surface area contributed by atoms with Crippen molar-refractivity contribution in [1.82, 2.24) is 0 Å². The molecule has 1 rings (SSSR count). The molecule has 1 aliphatic rings. The van der Waals surface area contributed by atoms with Crippen molar-refractivity contribution in [1.29, 1.82) is 0 Å². The average Bonchev–Trinajstić information content (AvgIpc) is 2.78. The van der Waals surface area contributed by atoms with E-state index in [1.165, 1.54) is 11.1 Å². The fraction of sp³-hybridized carbons (Fsp3) is 0.550. The maximum Gasteiger partial charge on any atom is 0.159 e. The van der Waals surface area contributed by atoms with Gasteiger partial charge in [0.05, 0.1) is 0 Å². The number of carbonyl (C=O) groups is 1. The van der Waals surface area contributed by atoms with Crippen LogP contribution < -0.4 is 0 Å². The largest absolute Gasteiger partial charge is 0.295 e. The topological polar surface area (TPSA) is 17.1 Å². The van der Waals surface area contributed by atoms with Crippen LogP contribution in [-0.4, -0.2) is 5.78 Å². The van der Waals surface area contributed by atoms with Crippen LogP contribution in [0.2, 0.25) is 0 Å². The SMILES string of the molecule is CC#CCC/C=C(\C)CC/C=C/CCC1=C(C)CCC1=O. The normalized spacial score (nSPS) is 15.8. The van der Waals surface area contributed by atoms with Crippen molar-refractivity contribution in [3.63, 3.8) is 0 Å². The summed E-state index contributed by atoms with van der Waals surface area (Å²) in [6, 6.07) is 0. The molecule has 0 N–H and O–H groups in total. The second-order valence-electron chi connectivity index (χ2n) is 5.75. The van der Waals surface area contributed by atoms with Gasteiger partial charge in [0.2, 0.25) is 0 Å². The average molecular weight is 284 g/mol. The molecule has 0 aromatic heterocycles. The van der Waals surface area contributed by atoms with Gasteiger partial charge in [0.15, 0.2) is 5.78 Å². The molecule has 1 heteroatoms. The smallest absolute Gasteiger partial charge is 0.159 e. The Balaban J connectivity index is 2.16. The van der Waals surface area contributed by atoms with Crippen LogP contribution in [0.5, 0.6) is 0 Å². The lowest BCUT2D eigenvalue weighted by molar-refractivity contribution is -0.115. The minimum absolute atomic E-state index is 0.370. The van der Waals surface area contributed by atoms with Crippen LogP contribution in [0.1, 0.15) is 72.1 Å². The van der Waals surface area contributed by atoms with Gasteiger partial charge in [-0.2, -0.15) is 0 Å². The third-order valence-electron chi connectivity index (χ3n) is 3.95. The van der Waals surface area contributed by atoms with Crippen molar-refractivity contribution < 1.29 is 4.79 Å². The van der Waals surface area contributed by atoms with E-state index in [0.717, 1.165) is 56.9 Å². The van der Waals surface area contributed by atoms with Crippen molar-refractivity contribution in [2.45, 2.75) is 72.1 Å². The lowest BCUT2D eigenvalue weighted by Gasteiger charge is -2.00. The molecule has 114 valence electrons. The van der Waals surface area contributed by atoms with Gasteiger partial charge in [0.1, 0.15) is 0 Å². The molecule has 0 amide bonds. The van der Waals surface area contributed by atoms with E-state index in [-0.39, 0.29) is 0 Å². The van der Waals surface area contributed by atoms with Crippen LogP contribution in [0.4, 0.5) is 0 Å². The second-order valence-corrected chi connectivity index (χ2v) is 5.75. The van der Waals surface area contributed by atoms with E-state index in [0.29, 0.717) is 5.78 Å². The van der Waals surface area contributed by atoms with Crippen LogP contribution >= 0.6 is 0 Å². The quantitative estimate of drug-likeness (QED) is 0.325. The van der Waals surface area contributed by atoms with E-state index in [9.17, 15) is 4.79 Å². The van der Waals surface area contributed by atoms with Crippen molar-refractivity contribution in [3.8, 4) is 11.8 Å². The fourth-order valence-corrected chi connectivity index (χ4v) is 2.59. The number of Topliss-reactive ketones (excluding diaryl/α,β-unsaturated/α-hetero) is 1. The molecule has 0 aromatic rings. The summed E-state index contributed by atoms with van der Waals surface area (Å²) in [4.78, 5) is 11.6. The number of unbranched alkanes of at least 4 members (excludes halogenated alkanes) is 1. The number of carbonyl (C=O) groups excluding carboxylic acids is 1. The Kier molecular flexibility index (Phi) is 8.51. The fourth-order valence-electron chi connectivity index (χ4n) is 2.59. The molecule has 0 aromatic carbocycles. The lowest BCUT2D eigenvalue weighted by atomic mass is 10.1. The zero-order valence-corrected chi connectivity index (χ0v) is 13.8. The Morgan fingerprint density at radius 1 is 1.19 bits per heavy atom. The molecule has 0 spiro atoms. The first-order valence-corrected chi connectivity index (χ1v) is 8.07. The van der Waals surface area contributed by atoms with Gasteiger partial charge < -0.3 is 0 Å². The van der Waals surface area contributed by atoms with Crippen LogP contribution in [0, 0.1) is 11.8 Å². The first-order chi connectivity index (χ1) is 10.1. The minimum atomic E-state index is 0.370. The number of allylic oxidation sites excluding steroid dienone is 6. The molecular formula is C20H28O. The van der Waals surface area contributed by atoms with Gasteiger partial charge in [-0.25, -0.2) is 0 Å². The highest BCUT2D eigenvalue weighted by molar-refractivity contribution is 5.98. The van der Waals surface area contributed by atoms with Gasteiger partial charge >= 0.3 is 0 Å². The third-order valence-corrected chi connectivity index (χ3v) is 3.95. The van der Waals surface area contributed by atoms with Crippen molar-refractivity contribution in [3.05, 3.63) is 34.9 Å². The zero-order chi connectivity index (χ0) is 15.5. The molecular weight excluding hydrogens is 256 g/mol. The molecule has 1 nitrogen and oxygen atoms in total. The Morgan fingerprint density at radius 2 is 1.95 bits per heavy atom. The number of ketones is 1. The number of hydrogen-bond acceptors (Lipinski definition) is 1. The molecule has 0 radical (unpaired) electrons. The molecule has 0 saturated heterocycles. The highest BCUT2D eigenvalue weighted by Crippen LogP contribution is 2.25. The highest BCUT2D eigenvalue weighted by Gasteiger charge is 2.18. The molecule has 0 aliphatic heterocycles. The standard InChI is InChI=1S/C20H28O/c1-4-5-6-9-12-17(2)13-10-7-8-11-14-19-18(3)15-16-20(19)21/h7-8,12H,6,9-11,13-16H2,1-3H3/b8-7+,17-12+. The van der Waals surface area contributed by atoms with Crippen LogP contribution in [0.3, 0.4) is 0 Å². The van der Waals surface area contributed by atoms with Crippen molar-refractivity contribution in [2.24, 2.45) is 0 Å².